The number of hydrogen-bond donors (Lipinski definition) is 1. The van der Waals surface area contributed by atoms with Gasteiger partial charge in [-0.05, 0) is 19.3 Å². The van der Waals surface area contributed by atoms with Crippen molar-refractivity contribution in [3.63, 3.8) is 0 Å². The van der Waals surface area contributed by atoms with E-state index < -0.39 is 0 Å². The van der Waals surface area contributed by atoms with Crippen molar-refractivity contribution in [2.75, 3.05) is 6.54 Å². The van der Waals surface area contributed by atoms with Crippen LogP contribution < -0.4 is 5.32 Å². The Labute approximate surface area is 264 Å². The van der Waals surface area contributed by atoms with Gasteiger partial charge in [-0.2, -0.15) is 0 Å². The Morgan fingerprint density at radius 2 is 0.595 bits per heavy atom. The van der Waals surface area contributed by atoms with Gasteiger partial charge in [0, 0.05) is 25.8 Å². The maximum Gasteiger partial charge on any atom is 0.219 e. The third-order valence-electron chi connectivity index (χ3n) is 9.02. The van der Waals surface area contributed by atoms with Gasteiger partial charge in [-0.1, -0.05) is 194 Å². The van der Waals surface area contributed by atoms with Gasteiger partial charge >= 0.3 is 0 Å². The number of nitrogens with one attached hydrogen (secondary N) is 1. The molecule has 0 aliphatic rings. The monoisotopic (exact) mass is 592 g/mol. The molecule has 0 heterocycles. The third kappa shape index (κ3) is 35.3. The van der Waals surface area contributed by atoms with Crippen LogP contribution in [0.4, 0.5) is 0 Å². The molecule has 1 amide bonds. The summed E-state index contributed by atoms with van der Waals surface area (Å²) in [6.07, 6.45) is 43.4. The molecular weight excluding hydrogens is 514 g/mol. The zero-order valence-electron chi connectivity index (χ0n) is 29.1. The maximum atomic E-state index is 12.1. The number of carbonyl (C=O) groups excluding carboxylic acids is 2. The van der Waals surface area contributed by atoms with E-state index in [4.69, 9.17) is 0 Å². The van der Waals surface area contributed by atoms with Crippen LogP contribution in [0.15, 0.2) is 0 Å². The van der Waals surface area contributed by atoms with Crippen LogP contribution in [0, 0.1) is 0 Å². The summed E-state index contributed by atoms with van der Waals surface area (Å²) in [6.45, 7) is 5.22. The fraction of sp³-hybridized carbons (Fsp3) is 0.949. The maximum absolute atomic E-state index is 12.1. The van der Waals surface area contributed by atoms with Crippen LogP contribution in [0.1, 0.15) is 232 Å². The molecule has 0 aliphatic heterocycles. The van der Waals surface area contributed by atoms with Crippen molar-refractivity contribution in [3.8, 4) is 0 Å². The molecule has 0 aromatic heterocycles. The molecule has 250 valence electrons. The lowest BCUT2D eigenvalue weighted by Crippen LogP contribution is -2.24. The summed E-state index contributed by atoms with van der Waals surface area (Å²) in [6, 6.07) is 0. The quantitative estimate of drug-likeness (QED) is 0.0736. The smallest absolute Gasteiger partial charge is 0.219 e. The van der Waals surface area contributed by atoms with Crippen LogP contribution in [0.5, 0.6) is 0 Å². The second kappa shape index (κ2) is 36.3. The summed E-state index contributed by atoms with van der Waals surface area (Å²) in [5, 5.41) is 3.02. The highest BCUT2D eigenvalue weighted by Crippen LogP contribution is 2.15. The van der Waals surface area contributed by atoms with Gasteiger partial charge in [0.1, 0.15) is 5.78 Å². The van der Waals surface area contributed by atoms with Crippen molar-refractivity contribution in [2.45, 2.75) is 232 Å². The fourth-order valence-electron chi connectivity index (χ4n) is 6.08. The Bertz CT molecular complexity index is 499. The van der Waals surface area contributed by atoms with Crippen LogP contribution in [-0.2, 0) is 9.59 Å². The molecule has 0 unspecified atom stereocenters. The highest BCUT2D eigenvalue weighted by Gasteiger charge is 2.04. The molecule has 0 fully saturated rings. The minimum absolute atomic E-state index is 0.166. The van der Waals surface area contributed by atoms with E-state index in [-0.39, 0.29) is 5.91 Å². The molecule has 1 N–H and O–H groups in total. The van der Waals surface area contributed by atoms with Crippen molar-refractivity contribution < 1.29 is 9.59 Å². The van der Waals surface area contributed by atoms with Crippen LogP contribution >= 0.6 is 0 Å². The molecule has 0 rings (SSSR count). The first-order valence-electron chi connectivity index (χ1n) is 19.5. The fourth-order valence-corrected chi connectivity index (χ4v) is 6.08. The zero-order chi connectivity index (χ0) is 30.6. The summed E-state index contributed by atoms with van der Waals surface area (Å²) in [5.41, 5.74) is 0. The lowest BCUT2D eigenvalue weighted by molar-refractivity contribution is -0.122. The topological polar surface area (TPSA) is 46.2 Å². The number of rotatable bonds is 36. The van der Waals surface area contributed by atoms with Crippen LogP contribution in [-0.4, -0.2) is 18.2 Å². The Morgan fingerprint density at radius 3 is 0.929 bits per heavy atom. The van der Waals surface area contributed by atoms with Gasteiger partial charge in [-0.25, -0.2) is 0 Å². The van der Waals surface area contributed by atoms with Gasteiger partial charge in [0.2, 0.25) is 5.91 Å². The number of Topliss-reactive ketones (excluding diaryl/α,β-unsaturated/α-hetero) is 1. The summed E-state index contributed by atoms with van der Waals surface area (Å²) in [5.74, 6) is 0.543. The Kier molecular flexibility index (Phi) is 35.6. The molecule has 0 atom stereocenters. The highest BCUT2D eigenvalue weighted by atomic mass is 16.1. The third-order valence-corrected chi connectivity index (χ3v) is 9.02. The number of hydrogen-bond acceptors (Lipinski definition) is 2. The van der Waals surface area contributed by atoms with E-state index in [1.54, 1.807) is 0 Å². The van der Waals surface area contributed by atoms with Gasteiger partial charge in [-0.15, -0.1) is 0 Å². The average molecular weight is 592 g/mol. The molecule has 0 spiro atoms. The lowest BCUT2D eigenvalue weighted by atomic mass is 10.0. The van der Waals surface area contributed by atoms with Crippen molar-refractivity contribution in [1.29, 1.82) is 0 Å². The second-order valence-corrected chi connectivity index (χ2v) is 13.4. The molecular formula is C39H77NO2. The molecule has 0 aliphatic carbocycles. The van der Waals surface area contributed by atoms with Gasteiger partial charge in [0.25, 0.3) is 0 Å². The number of ketones is 1. The highest BCUT2D eigenvalue weighted by molar-refractivity contribution is 5.78. The van der Waals surface area contributed by atoms with E-state index in [9.17, 15) is 9.59 Å². The van der Waals surface area contributed by atoms with Gasteiger partial charge < -0.3 is 5.32 Å². The number of carbonyl (C=O) groups is 2. The Hall–Kier alpha value is -0.860. The largest absolute Gasteiger partial charge is 0.356 e. The summed E-state index contributed by atoms with van der Waals surface area (Å²) in [7, 11) is 0. The number of amides is 1. The van der Waals surface area contributed by atoms with Crippen LogP contribution in [0.25, 0.3) is 0 Å². The summed E-state index contributed by atoms with van der Waals surface area (Å²) >= 11 is 0. The van der Waals surface area contributed by atoms with E-state index in [0.717, 1.165) is 25.7 Å². The molecule has 0 radical (unpaired) electrons. The second-order valence-electron chi connectivity index (χ2n) is 13.4. The molecule has 0 saturated carbocycles. The van der Waals surface area contributed by atoms with Crippen LogP contribution in [0.3, 0.4) is 0 Å². The predicted octanol–water partition coefficient (Wildman–Crippen LogP) is 13.0. The standard InChI is InChI=1S/C39H77NO2/c1-3-5-7-9-11-13-15-17-19-21-23-25-27-29-31-34-38(41)35-33-37-40-39(42)36-32-30-28-26-24-22-20-18-16-14-12-10-8-6-4-2/h3-37H2,1-2H3,(H,40,42). The SMILES string of the molecule is CCCCCCCCCCCCCCCCCC(=O)CCCNC(=O)CCCCCCCCCCCCCCCCC. The van der Waals surface area contributed by atoms with E-state index in [1.807, 2.05) is 0 Å². The van der Waals surface area contributed by atoms with Gasteiger partial charge in [0.05, 0.1) is 0 Å². The van der Waals surface area contributed by atoms with E-state index >= 15 is 0 Å². The normalized spacial score (nSPS) is 11.3. The minimum Gasteiger partial charge on any atom is -0.356 e. The molecule has 3 heteroatoms. The van der Waals surface area contributed by atoms with Gasteiger partial charge in [0.15, 0.2) is 0 Å². The van der Waals surface area contributed by atoms with E-state index in [2.05, 4.69) is 19.2 Å². The van der Waals surface area contributed by atoms with Gasteiger partial charge in [-0.3, -0.25) is 9.59 Å². The first kappa shape index (κ1) is 41.1. The summed E-state index contributed by atoms with van der Waals surface area (Å²) < 4.78 is 0. The molecule has 0 bridgehead atoms. The first-order valence-corrected chi connectivity index (χ1v) is 19.5. The molecule has 0 aromatic carbocycles. The Morgan fingerprint density at radius 1 is 0.333 bits per heavy atom. The summed E-state index contributed by atoms with van der Waals surface area (Å²) in [4.78, 5) is 24.2. The van der Waals surface area contributed by atoms with Crippen molar-refractivity contribution >= 4 is 11.7 Å². The van der Waals surface area contributed by atoms with E-state index in [0.29, 0.717) is 25.2 Å². The van der Waals surface area contributed by atoms with Crippen molar-refractivity contribution in [2.24, 2.45) is 0 Å². The van der Waals surface area contributed by atoms with Crippen molar-refractivity contribution in [1.82, 2.24) is 5.32 Å². The predicted molar refractivity (Wildman–Crippen MR) is 186 cm³/mol. The molecule has 42 heavy (non-hydrogen) atoms. The number of unbranched alkanes of at least 4 members (excludes halogenated alkanes) is 28. The lowest BCUT2D eigenvalue weighted by Gasteiger charge is -2.06. The van der Waals surface area contributed by atoms with E-state index in [1.165, 1.54) is 180 Å². The molecule has 0 aromatic rings. The molecule has 3 nitrogen and oxygen atoms in total. The first-order chi connectivity index (χ1) is 20.7. The molecule has 0 saturated heterocycles. The van der Waals surface area contributed by atoms with Crippen LogP contribution in [0.2, 0.25) is 0 Å². The minimum atomic E-state index is 0.166. The zero-order valence-corrected chi connectivity index (χ0v) is 29.1. The average Bonchev–Trinajstić information content (AvgIpc) is 2.99. The van der Waals surface area contributed by atoms with Crippen molar-refractivity contribution in [3.05, 3.63) is 0 Å². The Balaban J connectivity index is 3.26.